The zero-order valence-electron chi connectivity index (χ0n) is 14.5. The zero-order valence-corrected chi connectivity index (χ0v) is 14.5. The first-order valence-electron chi connectivity index (χ1n) is 9.00. The number of urea groups is 1. The van der Waals surface area contributed by atoms with Crippen LogP contribution in [-0.2, 0) is 6.61 Å². The minimum atomic E-state index is -0.0243. The normalized spacial score (nSPS) is 15.1. The van der Waals surface area contributed by atoms with E-state index in [9.17, 15) is 4.79 Å². The molecule has 1 aromatic carbocycles. The summed E-state index contributed by atoms with van der Waals surface area (Å²) < 4.78 is 5.77. The number of nitrogens with one attached hydrogen (secondary N) is 1. The van der Waals surface area contributed by atoms with Gasteiger partial charge in [0.2, 0.25) is 0 Å². The number of rotatable bonds is 4. The van der Waals surface area contributed by atoms with Crippen LogP contribution in [0.5, 0.6) is 5.75 Å². The van der Waals surface area contributed by atoms with E-state index in [-0.39, 0.29) is 6.03 Å². The number of likely N-dealkylation sites (tertiary alicyclic amines) is 1. The molecular weight excluding hydrogens is 314 g/mol. The van der Waals surface area contributed by atoms with Crippen molar-refractivity contribution in [2.75, 3.05) is 18.4 Å². The molecule has 0 unspecified atom stereocenters. The molecule has 5 heteroatoms. The molecule has 0 bridgehead atoms. The predicted octanol–water partition coefficient (Wildman–Crippen LogP) is 4.46. The Bertz CT molecular complexity index is 668. The van der Waals surface area contributed by atoms with Gasteiger partial charge < -0.3 is 15.0 Å². The number of ether oxygens (including phenoxy) is 1. The molecule has 1 saturated heterocycles. The van der Waals surface area contributed by atoms with Crippen LogP contribution in [0.25, 0.3) is 0 Å². The molecule has 0 aliphatic carbocycles. The van der Waals surface area contributed by atoms with Gasteiger partial charge in [0, 0.05) is 31.0 Å². The highest BCUT2D eigenvalue weighted by Gasteiger charge is 2.14. The van der Waals surface area contributed by atoms with Crippen LogP contribution in [0.2, 0.25) is 0 Å². The lowest BCUT2D eigenvalue weighted by Crippen LogP contribution is -2.37. The summed E-state index contributed by atoms with van der Waals surface area (Å²) >= 11 is 0. The maximum absolute atomic E-state index is 12.5. The smallest absolute Gasteiger partial charge is 0.321 e. The minimum absolute atomic E-state index is 0.0243. The third-order valence-electron chi connectivity index (χ3n) is 4.34. The lowest BCUT2D eigenvalue weighted by Gasteiger charge is -2.25. The molecule has 2 heterocycles. The summed E-state index contributed by atoms with van der Waals surface area (Å²) in [6.07, 6.45) is 7.62. The van der Waals surface area contributed by atoms with E-state index in [1.54, 1.807) is 6.20 Å². The van der Waals surface area contributed by atoms with E-state index in [4.69, 9.17) is 4.74 Å². The average Bonchev–Trinajstić information content (AvgIpc) is 2.61. The van der Waals surface area contributed by atoms with Crippen molar-refractivity contribution in [3.05, 3.63) is 54.4 Å². The average molecular weight is 339 g/mol. The van der Waals surface area contributed by atoms with Gasteiger partial charge in [-0.15, -0.1) is 0 Å². The first-order chi connectivity index (χ1) is 12.3. The van der Waals surface area contributed by atoms with Crippen LogP contribution in [0.3, 0.4) is 0 Å². The first-order valence-corrected chi connectivity index (χ1v) is 9.00. The van der Waals surface area contributed by atoms with Crippen molar-refractivity contribution in [2.45, 2.75) is 38.7 Å². The molecule has 132 valence electrons. The summed E-state index contributed by atoms with van der Waals surface area (Å²) in [5.74, 6) is 0.719. The Morgan fingerprint density at radius 3 is 2.60 bits per heavy atom. The number of benzene rings is 1. The van der Waals surface area contributed by atoms with Crippen molar-refractivity contribution in [1.82, 2.24) is 9.88 Å². The minimum Gasteiger partial charge on any atom is -0.487 e. The molecule has 2 aromatic rings. The van der Waals surface area contributed by atoms with Crippen molar-refractivity contribution in [2.24, 2.45) is 0 Å². The predicted molar refractivity (Wildman–Crippen MR) is 98.7 cm³/mol. The van der Waals surface area contributed by atoms with E-state index in [1.807, 2.05) is 47.4 Å². The topological polar surface area (TPSA) is 54.5 Å². The molecule has 1 fully saturated rings. The Balaban J connectivity index is 1.56. The Morgan fingerprint density at radius 1 is 1.04 bits per heavy atom. The monoisotopic (exact) mass is 339 g/mol. The highest BCUT2D eigenvalue weighted by molar-refractivity contribution is 5.89. The number of nitrogens with zero attached hydrogens (tertiary/aromatic N) is 2. The fourth-order valence-corrected chi connectivity index (χ4v) is 2.96. The van der Waals surface area contributed by atoms with Gasteiger partial charge in [-0.2, -0.15) is 0 Å². The number of carbonyl (C=O) groups is 1. The summed E-state index contributed by atoms with van der Waals surface area (Å²) in [6.45, 7) is 2.08. The summed E-state index contributed by atoms with van der Waals surface area (Å²) in [4.78, 5) is 18.6. The van der Waals surface area contributed by atoms with E-state index in [1.165, 1.54) is 19.3 Å². The van der Waals surface area contributed by atoms with Gasteiger partial charge in [0.05, 0.1) is 5.69 Å². The molecule has 0 atom stereocenters. The molecular formula is C20H25N3O2. The van der Waals surface area contributed by atoms with Crippen molar-refractivity contribution in [3.63, 3.8) is 0 Å². The van der Waals surface area contributed by atoms with Gasteiger partial charge in [0.15, 0.2) is 0 Å². The number of anilines is 1. The van der Waals surface area contributed by atoms with E-state index >= 15 is 0 Å². The van der Waals surface area contributed by atoms with E-state index in [2.05, 4.69) is 10.3 Å². The molecule has 3 rings (SSSR count). The Labute approximate surface area is 149 Å². The zero-order chi connectivity index (χ0) is 17.3. The lowest BCUT2D eigenvalue weighted by atomic mass is 10.1. The molecule has 2 amide bonds. The Hall–Kier alpha value is -2.56. The fourth-order valence-electron chi connectivity index (χ4n) is 2.96. The lowest BCUT2D eigenvalue weighted by molar-refractivity contribution is 0.206. The SMILES string of the molecule is O=C(Nc1cccc(OCc2ccccn2)c1)N1CCCCCCC1. The van der Waals surface area contributed by atoms with Crippen LogP contribution < -0.4 is 10.1 Å². The van der Waals surface area contributed by atoms with Gasteiger partial charge >= 0.3 is 6.03 Å². The maximum atomic E-state index is 12.5. The standard InChI is InChI=1S/C20H25N3O2/c24-20(23-13-6-2-1-3-7-14-23)22-17-10-8-11-19(15-17)25-16-18-9-4-5-12-21-18/h4-5,8-12,15H,1-3,6-7,13-14,16H2,(H,22,24). The summed E-state index contributed by atoms with van der Waals surface area (Å²) in [6, 6.07) is 13.2. The van der Waals surface area contributed by atoms with Crippen LogP contribution in [0.1, 0.15) is 37.8 Å². The van der Waals surface area contributed by atoms with Gasteiger partial charge in [0.1, 0.15) is 12.4 Å². The summed E-state index contributed by atoms with van der Waals surface area (Å²) in [5, 5.41) is 2.99. The highest BCUT2D eigenvalue weighted by atomic mass is 16.5. The van der Waals surface area contributed by atoms with Crippen LogP contribution >= 0.6 is 0 Å². The third kappa shape index (κ3) is 5.48. The van der Waals surface area contributed by atoms with Gasteiger partial charge in [-0.05, 0) is 37.1 Å². The van der Waals surface area contributed by atoms with Crippen LogP contribution in [-0.4, -0.2) is 29.0 Å². The molecule has 0 saturated carbocycles. The number of hydrogen-bond donors (Lipinski definition) is 1. The second-order valence-corrected chi connectivity index (χ2v) is 6.32. The molecule has 1 aliphatic heterocycles. The van der Waals surface area contributed by atoms with Crippen LogP contribution in [0.4, 0.5) is 10.5 Å². The summed E-state index contributed by atoms with van der Waals surface area (Å²) in [7, 11) is 0. The fraction of sp³-hybridized carbons (Fsp3) is 0.400. The van der Waals surface area contributed by atoms with Crippen LogP contribution in [0.15, 0.2) is 48.7 Å². The largest absolute Gasteiger partial charge is 0.487 e. The quantitative estimate of drug-likeness (QED) is 0.895. The second kappa shape index (κ2) is 9.06. The maximum Gasteiger partial charge on any atom is 0.321 e. The van der Waals surface area contributed by atoms with Crippen molar-refractivity contribution in [3.8, 4) is 5.75 Å². The Morgan fingerprint density at radius 2 is 1.84 bits per heavy atom. The van der Waals surface area contributed by atoms with E-state index < -0.39 is 0 Å². The van der Waals surface area contributed by atoms with Crippen LogP contribution in [0, 0.1) is 0 Å². The molecule has 1 aromatic heterocycles. The first kappa shape index (κ1) is 17.3. The Kier molecular flexibility index (Phi) is 6.26. The molecule has 1 N–H and O–H groups in total. The molecule has 25 heavy (non-hydrogen) atoms. The van der Waals surface area contributed by atoms with Gasteiger partial charge in [0.25, 0.3) is 0 Å². The van der Waals surface area contributed by atoms with Crippen molar-refractivity contribution < 1.29 is 9.53 Å². The van der Waals surface area contributed by atoms with Gasteiger partial charge in [-0.1, -0.05) is 31.4 Å². The number of carbonyl (C=O) groups excluding carboxylic acids is 1. The number of pyridine rings is 1. The number of amides is 2. The van der Waals surface area contributed by atoms with Crippen molar-refractivity contribution >= 4 is 11.7 Å². The second-order valence-electron chi connectivity index (χ2n) is 6.32. The molecule has 5 nitrogen and oxygen atoms in total. The molecule has 1 aliphatic rings. The third-order valence-corrected chi connectivity index (χ3v) is 4.34. The van der Waals surface area contributed by atoms with E-state index in [0.29, 0.717) is 6.61 Å². The van der Waals surface area contributed by atoms with E-state index in [0.717, 1.165) is 43.1 Å². The molecule has 0 spiro atoms. The number of hydrogen-bond acceptors (Lipinski definition) is 3. The molecule has 0 radical (unpaired) electrons. The number of aromatic nitrogens is 1. The van der Waals surface area contributed by atoms with Gasteiger partial charge in [-0.25, -0.2) is 4.79 Å². The van der Waals surface area contributed by atoms with Gasteiger partial charge in [-0.3, -0.25) is 4.98 Å². The summed E-state index contributed by atoms with van der Waals surface area (Å²) in [5.41, 5.74) is 1.63. The highest BCUT2D eigenvalue weighted by Crippen LogP contribution is 2.19. The van der Waals surface area contributed by atoms with Crippen molar-refractivity contribution in [1.29, 1.82) is 0 Å².